The summed E-state index contributed by atoms with van der Waals surface area (Å²) in [7, 11) is 0. The van der Waals surface area contributed by atoms with Gasteiger partial charge in [0.25, 0.3) is 0 Å². The van der Waals surface area contributed by atoms with E-state index < -0.39 is 0 Å². The van der Waals surface area contributed by atoms with Gasteiger partial charge in [0.2, 0.25) is 0 Å². The Balaban J connectivity index is 2.88. The third-order valence-electron chi connectivity index (χ3n) is 2.61. The van der Waals surface area contributed by atoms with E-state index in [1.165, 1.54) is 12.1 Å². The summed E-state index contributed by atoms with van der Waals surface area (Å²) in [5, 5.41) is 0.799. The van der Waals surface area contributed by atoms with Gasteiger partial charge in [-0.1, -0.05) is 20.8 Å². The monoisotopic (exact) mass is 218 g/mol. The van der Waals surface area contributed by atoms with Gasteiger partial charge in [0.05, 0.1) is 17.4 Å². The van der Waals surface area contributed by atoms with E-state index in [0.29, 0.717) is 5.69 Å². The number of nitrogens with two attached hydrogens (primary N) is 1. The highest BCUT2D eigenvalue weighted by molar-refractivity contribution is 5.87. The van der Waals surface area contributed by atoms with Crippen molar-refractivity contribution >= 4 is 16.6 Å². The molecular weight excluding hydrogens is 203 g/mol. The van der Waals surface area contributed by atoms with Crippen LogP contribution in [-0.4, -0.2) is 4.98 Å². The van der Waals surface area contributed by atoms with Crippen molar-refractivity contribution in [3.63, 3.8) is 0 Å². The molecule has 0 saturated carbocycles. The number of hydrogen-bond acceptors (Lipinski definition) is 2. The van der Waals surface area contributed by atoms with Crippen LogP contribution in [0.15, 0.2) is 24.4 Å². The van der Waals surface area contributed by atoms with Crippen molar-refractivity contribution in [2.24, 2.45) is 0 Å². The maximum absolute atomic E-state index is 13.3. The number of halogens is 1. The predicted molar refractivity (Wildman–Crippen MR) is 64.8 cm³/mol. The second-order valence-electron chi connectivity index (χ2n) is 5.00. The van der Waals surface area contributed by atoms with Crippen LogP contribution in [0, 0.1) is 5.82 Å². The molecular formula is C13H15FN2. The first-order chi connectivity index (χ1) is 7.39. The molecule has 3 heteroatoms. The highest BCUT2D eigenvalue weighted by atomic mass is 19.1. The molecule has 16 heavy (non-hydrogen) atoms. The van der Waals surface area contributed by atoms with Crippen LogP contribution in [0.2, 0.25) is 0 Å². The Labute approximate surface area is 94.3 Å². The van der Waals surface area contributed by atoms with Gasteiger partial charge < -0.3 is 5.73 Å². The van der Waals surface area contributed by atoms with Gasteiger partial charge >= 0.3 is 0 Å². The molecule has 0 bridgehead atoms. The van der Waals surface area contributed by atoms with Crippen LogP contribution in [0.25, 0.3) is 10.9 Å². The molecule has 0 amide bonds. The number of nitrogens with zero attached hydrogens (tertiary/aromatic N) is 1. The minimum Gasteiger partial charge on any atom is -0.397 e. The van der Waals surface area contributed by atoms with Crippen LogP contribution in [0.4, 0.5) is 10.1 Å². The standard InChI is InChI=1S/C13H15FN2/c1-13(2,3)12-9-6-8(14)4-5-11(9)16-7-10(12)15/h4-7H,15H2,1-3H3. The minimum atomic E-state index is -0.259. The van der Waals surface area contributed by atoms with Crippen LogP contribution >= 0.6 is 0 Å². The highest BCUT2D eigenvalue weighted by Gasteiger charge is 2.20. The van der Waals surface area contributed by atoms with Gasteiger partial charge in [0.15, 0.2) is 0 Å². The van der Waals surface area contributed by atoms with Crippen LogP contribution in [-0.2, 0) is 5.41 Å². The molecule has 2 N–H and O–H groups in total. The van der Waals surface area contributed by atoms with E-state index >= 15 is 0 Å². The van der Waals surface area contributed by atoms with Crippen LogP contribution in [0.3, 0.4) is 0 Å². The normalized spacial score (nSPS) is 12.0. The number of fused-ring (bicyclic) bond motifs is 1. The quantitative estimate of drug-likeness (QED) is 0.737. The molecule has 1 aromatic heterocycles. The maximum atomic E-state index is 13.3. The molecule has 0 aliphatic heterocycles. The fourth-order valence-corrected chi connectivity index (χ4v) is 2.02. The lowest BCUT2D eigenvalue weighted by molar-refractivity contribution is 0.596. The van der Waals surface area contributed by atoms with Crippen molar-refractivity contribution < 1.29 is 4.39 Å². The summed E-state index contributed by atoms with van der Waals surface area (Å²) in [4.78, 5) is 4.20. The summed E-state index contributed by atoms with van der Waals surface area (Å²) in [5.41, 5.74) is 8.16. The van der Waals surface area contributed by atoms with Gasteiger partial charge in [-0.3, -0.25) is 4.98 Å². The zero-order valence-corrected chi connectivity index (χ0v) is 9.71. The molecule has 0 aliphatic rings. The average molecular weight is 218 g/mol. The van der Waals surface area contributed by atoms with Crippen LogP contribution < -0.4 is 5.73 Å². The molecule has 2 rings (SSSR count). The Kier molecular flexibility index (Phi) is 2.34. The topological polar surface area (TPSA) is 38.9 Å². The van der Waals surface area contributed by atoms with Crippen molar-refractivity contribution in [2.45, 2.75) is 26.2 Å². The molecule has 84 valence electrons. The Hall–Kier alpha value is -1.64. The molecule has 1 aromatic carbocycles. The fourth-order valence-electron chi connectivity index (χ4n) is 2.02. The summed E-state index contributed by atoms with van der Waals surface area (Å²) in [6.45, 7) is 6.18. The van der Waals surface area contributed by atoms with Crippen LogP contribution in [0.5, 0.6) is 0 Å². The second kappa shape index (κ2) is 3.44. The number of hydrogen-bond donors (Lipinski definition) is 1. The average Bonchev–Trinajstić information content (AvgIpc) is 2.14. The lowest BCUT2D eigenvalue weighted by Gasteiger charge is -2.23. The Bertz CT molecular complexity index is 536. The largest absolute Gasteiger partial charge is 0.397 e. The molecule has 0 spiro atoms. The number of benzene rings is 1. The van der Waals surface area contributed by atoms with Gasteiger partial charge in [-0.2, -0.15) is 0 Å². The van der Waals surface area contributed by atoms with Gasteiger partial charge in [-0.05, 0) is 29.2 Å². The summed E-state index contributed by atoms with van der Waals surface area (Å²) in [6.07, 6.45) is 1.64. The van der Waals surface area contributed by atoms with E-state index in [1.807, 2.05) is 0 Å². The second-order valence-corrected chi connectivity index (χ2v) is 5.00. The SMILES string of the molecule is CC(C)(C)c1c(N)cnc2ccc(F)cc12. The third-order valence-corrected chi connectivity index (χ3v) is 2.61. The summed E-state index contributed by atoms with van der Waals surface area (Å²) < 4.78 is 13.3. The predicted octanol–water partition coefficient (Wildman–Crippen LogP) is 3.25. The lowest BCUT2D eigenvalue weighted by atomic mass is 9.84. The van der Waals surface area contributed by atoms with Crippen molar-refractivity contribution in [2.75, 3.05) is 5.73 Å². The van der Waals surface area contributed by atoms with E-state index in [4.69, 9.17) is 5.73 Å². The van der Waals surface area contributed by atoms with Crippen molar-refractivity contribution in [3.8, 4) is 0 Å². The molecule has 2 nitrogen and oxygen atoms in total. The zero-order valence-electron chi connectivity index (χ0n) is 9.71. The molecule has 0 radical (unpaired) electrons. The van der Waals surface area contributed by atoms with E-state index in [2.05, 4.69) is 25.8 Å². The van der Waals surface area contributed by atoms with E-state index in [1.54, 1.807) is 12.3 Å². The molecule has 2 aromatic rings. The number of pyridine rings is 1. The zero-order chi connectivity index (χ0) is 11.9. The van der Waals surface area contributed by atoms with Crippen molar-refractivity contribution in [1.82, 2.24) is 4.98 Å². The van der Waals surface area contributed by atoms with Gasteiger partial charge in [-0.15, -0.1) is 0 Å². The van der Waals surface area contributed by atoms with Gasteiger partial charge in [0, 0.05) is 5.39 Å². The number of rotatable bonds is 0. The lowest BCUT2D eigenvalue weighted by Crippen LogP contribution is -2.15. The van der Waals surface area contributed by atoms with Crippen molar-refractivity contribution in [1.29, 1.82) is 0 Å². The summed E-state index contributed by atoms with van der Waals surface area (Å²) in [5.74, 6) is -0.259. The Morgan fingerprint density at radius 1 is 1.25 bits per heavy atom. The maximum Gasteiger partial charge on any atom is 0.123 e. The number of aromatic nitrogens is 1. The number of nitrogen functional groups attached to an aromatic ring is 1. The van der Waals surface area contributed by atoms with E-state index in [9.17, 15) is 4.39 Å². The fraction of sp³-hybridized carbons (Fsp3) is 0.308. The molecule has 1 heterocycles. The molecule has 0 atom stereocenters. The minimum absolute atomic E-state index is 0.126. The number of anilines is 1. The first-order valence-electron chi connectivity index (χ1n) is 5.24. The third kappa shape index (κ3) is 1.73. The molecule has 0 fully saturated rings. The molecule has 0 aliphatic carbocycles. The van der Waals surface area contributed by atoms with Crippen molar-refractivity contribution in [3.05, 3.63) is 35.8 Å². The van der Waals surface area contributed by atoms with Gasteiger partial charge in [-0.25, -0.2) is 4.39 Å². The van der Waals surface area contributed by atoms with E-state index in [-0.39, 0.29) is 11.2 Å². The molecule has 0 saturated heterocycles. The van der Waals surface area contributed by atoms with E-state index in [0.717, 1.165) is 16.5 Å². The molecule has 0 unspecified atom stereocenters. The summed E-state index contributed by atoms with van der Waals surface area (Å²) in [6, 6.07) is 4.59. The first kappa shape index (κ1) is 10.9. The summed E-state index contributed by atoms with van der Waals surface area (Å²) >= 11 is 0. The van der Waals surface area contributed by atoms with Crippen LogP contribution in [0.1, 0.15) is 26.3 Å². The Morgan fingerprint density at radius 3 is 2.56 bits per heavy atom. The Morgan fingerprint density at radius 2 is 1.94 bits per heavy atom. The smallest absolute Gasteiger partial charge is 0.123 e. The van der Waals surface area contributed by atoms with Gasteiger partial charge in [0.1, 0.15) is 5.82 Å². The first-order valence-corrected chi connectivity index (χ1v) is 5.24. The highest BCUT2D eigenvalue weighted by Crippen LogP contribution is 2.33.